The fraction of sp³-hybridized carbons (Fsp3) is 0.143. The molecule has 0 saturated heterocycles. The predicted molar refractivity (Wildman–Crippen MR) is 76.8 cm³/mol. The quantitative estimate of drug-likeness (QED) is 0.662. The van der Waals surface area contributed by atoms with Crippen LogP contribution in [0.25, 0.3) is 0 Å². The number of rotatable bonds is 3. The lowest BCUT2D eigenvalue weighted by Crippen LogP contribution is -2.29. The zero-order valence-corrected chi connectivity index (χ0v) is 11.5. The van der Waals surface area contributed by atoms with Crippen LogP contribution in [0.3, 0.4) is 0 Å². The maximum absolute atomic E-state index is 6.27. The molecule has 2 aromatic rings. The van der Waals surface area contributed by atoms with Crippen LogP contribution in [0.5, 0.6) is 0 Å². The molecule has 0 aliphatic carbocycles. The second kappa shape index (κ2) is 5.72. The highest BCUT2D eigenvalue weighted by Crippen LogP contribution is 2.32. The summed E-state index contributed by atoms with van der Waals surface area (Å²) in [5, 5.41) is 1.34. The minimum atomic E-state index is -0.216. The number of aryl methyl sites for hydroxylation is 1. The number of nitrogens with one attached hydrogen (secondary N) is 1. The maximum atomic E-state index is 6.27. The van der Waals surface area contributed by atoms with Gasteiger partial charge in [0.1, 0.15) is 0 Å². The molecule has 0 heterocycles. The molecule has 2 aromatic carbocycles. The number of halogens is 2. The van der Waals surface area contributed by atoms with Crippen molar-refractivity contribution in [1.29, 1.82) is 0 Å². The monoisotopic (exact) mass is 280 g/mol. The van der Waals surface area contributed by atoms with Gasteiger partial charge in [0.2, 0.25) is 0 Å². The van der Waals surface area contributed by atoms with E-state index in [0.29, 0.717) is 10.0 Å². The van der Waals surface area contributed by atoms with E-state index in [9.17, 15) is 0 Å². The molecule has 0 aliphatic heterocycles. The van der Waals surface area contributed by atoms with Crippen LogP contribution in [0.1, 0.15) is 22.7 Å². The van der Waals surface area contributed by atoms with Crippen molar-refractivity contribution in [2.45, 2.75) is 13.0 Å². The second-order valence-electron chi connectivity index (χ2n) is 4.15. The first-order valence-corrected chi connectivity index (χ1v) is 6.35. The summed E-state index contributed by atoms with van der Waals surface area (Å²) < 4.78 is 0. The molecule has 1 unspecified atom stereocenters. The Bertz CT molecular complexity index is 555. The van der Waals surface area contributed by atoms with Crippen LogP contribution in [0, 0.1) is 6.92 Å². The maximum Gasteiger partial charge on any atom is 0.0738 e. The van der Waals surface area contributed by atoms with Crippen LogP contribution in [-0.2, 0) is 0 Å². The number of benzene rings is 2. The number of hydrogen-bond acceptors (Lipinski definition) is 2. The van der Waals surface area contributed by atoms with Crippen LogP contribution in [0.15, 0.2) is 42.5 Å². The molecule has 2 rings (SSSR count). The first-order valence-electron chi connectivity index (χ1n) is 5.60. The van der Waals surface area contributed by atoms with Gasteiger partial charge in [-0.15, -0.1) is 0 Å². The Labute approximate surface area is 117 Å². The van der Waals surface area contributed by atoms with Crippen molar-refractivity contribution >= 4 is 23.2 Å². The van der Waals surface area contributed by atoms with Crippen molar-refractivity contribution < 1.29 is 0 Å². The Morgan fingerprint density at radius 3 is 2.28 bits per heavy atom. The summed E-state index contributed by atoms with van der Waals surface area (Å²) >= 11 is 12.5. The third-order valence-corrected chi connectivity index (χ3v) is 3.52. The third-order valence-electron chi connectivity index (χ3n) is 2.85. The van der Waals surface area contributed by atoms with Crippen molar-refractivity contribution in [3.05, 3.63) is 69.2 Å². The first kappa shape index (κ1) is 13.4. The van der Waals surface area contributed by atoms with Gasteiger partial charge in [0.05, 0.1) is 6.04 Å². The molecule has 0 fully saturated rings. The van der Waals surface area contributed by atoms with E-state index >= 15 is 0 Å². The zero-order valence-electron chi connectivity index (χ0n) is 9.95. The van der Waals surface area contributed by atoms with Crippen molar-refractivity contribution in [2.75, 3.05) is 0 Å². The fourth-order valence-electron chi connectivity index (χ4n) is 1.92. The zero-order chi connectivity index (χ0) is 13.1. The molecule has 0 bridgehead atoms. The molecule has 1 atom stereocenters. The van der Waals surface area contributed by atoms with Crippen LogP contribution in [-0.4, -0.2) is 0 Å². The average molecular weight is 281 g/mol. The van der Waals surface area contributed by atoms with E-state index in [1.54, 1.807) is 0 Å². The SMILES string of the molecule is Cc1ccc(C(NN)c2ccccc2Cl)c(Cl)c1. The summed E-state index contributed by atoms with van der Waals surface area (Å²) in [4.78, 5) is 0. The van der Waals surface area contributed by atoms with Gasteiger partial charge in [-0.3, -0.25) is 5.84 Å². The molecule has 0 spiro atoms. The van der Waals surface area contributed by atoms with Gasteiger partial charge < -0.3 is 0 Å². The van der Waals surface area contributed by atoms with Gasteiger partial charge in [-0.2, -0.15) is 0 Å². The first-order chi connectivity index (χ1) is 8.63. The van der Waals surface area contributed by atoms with Crippen molar-refractivity contribution in [1.82, 2.24) is 5.43 Å². The molecule has 4 heteroatoms. The molecular weight excluding hydrogens is 267 g/mol. The second-order valence-corrected chi connectivity index (χ2v) is 4.96. The fourth-order valence-corrected chi connectivity index (χ4v) is 2.51. The van der Waals surface area contributed by atoms with Gasteiger partial charge in [0.25, 0.3) is 0 Å². The topological polar surface area (TPSA) is 38.0 Å². The molecule has 0 aromatic heterocycles. The van der Waals surface area contributed by atoms with Crippen molar-refractivity contribution in [3.8, 4) is 0 Å². The van der Waals surface area contributed by atoms with Crippen LogP contribution in [0.2, 0.25) is 10.0 Å². The Hall–Kier alpha value is -1.06. The smallest absolute Gasteiger partial charge is 0.0738 e. The lowest BCUT2D eigenvalue weighted by molar-refractivity contribution is 0.637. The molecule has 0 radical (unpaired) electrons. The van der Waals surface area contributed by atoms with Gasteiger partial charge in [-0.25, -0.2) is 5.43 Å². The van der Waals surface area contributed by atoms with E-state index in [1.807, 2.05) is 49.4 Å². The van der Waals surface area contributed by atoms with E-state index in [0.717, 1.165) is 16.7 Å². The largest absolute Gasteiger partial charge is 0.271 e. The van der Waals surface area contributed by atoms with E-state index in [4.69, 9.17) is 29.0 Å². The Balaban J connectivity index is 2.49. The molecule has 18 heavy (non-hydrogen) atoms. The van der Waals surface area contributed by atoms with Crippen LogP contribution >= 0.6 is 23.2 Å². The van der Waals surface area contributed by atoms with Gasteiger partial charge in [-0.05, 0) is 35.7 Å². The molecule has 0 saturated carbocycles. The average Bonchev–Trinajstić information content (AvgIpc) is 2.34. The van der Waals surface area contributed by atoms with E-state index < -0.39 is 0 Å². The van der Waals surface area contributed by atoms with Gasteiger partial charge in [0.15, 0.2) is 0 Å². The minimum absolute atomic E-state index is 0.216. The summed E-state index contributed by atoms with van der Waals surface area (Å²) in [6.45, 7) is 2.00. The van der Waals surface area contributed by atoms with Crippen LogP contribution < -0.4 is 11.3 Å². The molecule has 3 N–H and O–H groups in total. The standard InChI is InChI=1S/C14H14Cl2N2/c1-9-6-7-11(13(16)8-9)14(18-17)10-4-2-3-5-12(10)15/h2-8,14,18H,17H2,1H3. The van der Waals surface area contributed by atoms with Gasteiger partial charge in [-0.1, -0.05) is 53.5 Å². The summed E-state index contributed by atoms with van der Waals surface area (Å²) in [7, 11) is 0. The molecular formula is C14H14Cl2N2. The summed E-state index contributed by atoms with van der Waals surface area (Å²) in [5.74, 6) is 5.65. The van der Waals surface area contributed by atoms with Crippen molar-refractivity contribution in [3.63, 3.8) is 0 Å². The van der Waals surface area contributed by atoms with Crippen molar-refractivity contribution in [2.24, 2.45) is 5.84 Å². The normalized spacial score (nSPS) is 12.4. The Morgan fingerprint density at radius 2 is 1.67 bits per heavy atom. The highest BCUT2D eigenvalue weighted by atomic mass is 35.5. The summed E-state index contributed by atoms with van der Waals surface area (Å²) in [5.41, 5.74) is 5.70. The van der Waals surface area contributed by atoms with E-state index in [-0.39, 0.29) is 6.04 Å². The molecule has 0 amide bonds. The van der Waals surface area contributed by atoms with Gasteiger partial charge >= 0.3 is 0 Å². The number of hydrazine groups is 1. The predicted octanol–water partition coefficient (Wildman–Crippen LogP) is 3.85. The third kappa shape index (κ3) is 2.68. The summed E-state index contributed by atoms with van der Waals surface area (Å²) in [6.07, 6.45) is 0. The molecule has 2 nitrogen and oxygen atoms in total. The highest BCUT2D eigenvalue weighted by Gasteiger charge is 2.17. The van der Waals surface area contributed by atoms with E-state index in [1.165, 1.54) is 0 Å². The number of hydrogen-bond donors (Lipinski definition) is 2. The molecule has 94 valence electrons. The lowest BCUT2D eigenvalue weighted by Gasteiger charge is -2.19. The van der Waals surface area contributed by atoms with Gasteiger partial charge in [0, 0.05) is 10.0 Å². The minimum Gasteiger partial charge on any atom is -0.271 e. The Kier molecular flexibility index (Phi) is 4.25. The van der Waals surface area contributed by atoms with Crippen LogP contribution in [0.4, 0.5) is 0 Å². The molecule has 0 aliphatic rings. The lowest BCUT2D eigenvalue weighted by atomic mass is 9.98. The Morgan fingerprint density at radius 1 is 1.00 bits per heavy atom. The van der Waals surface area contributed by atoms with E-state index in [2.05, 4.69) is 5.43 Å². The highest BCUT2D eigenvalue weighted by molar-refractivity contribution is 6.32. The number of nitrogens with two attached hydrogens (primary N) is 1. The summed E-state index contributed by atoms with van der Waals surface area (Å²) in [6, 6.07) is 13.2.